The highest BCUT2D eigenvalue weighted by Gasteiger charge is 2.70. The predicted molar refractivity (Wildman–Crippen MR) is 156 cm³/mol. The number of alkyl halides is 3. The minimum absolute atomic E-state index is 0.0140. The SMILES string of the molecule is COc1cccc(CN2C(=O)C(NC(=O)c3cc(OC)c(OC)c(OC)c3)(C(F)(F)F)C(C(=O)c3ccccc3)=C2C)c1OC. The number of rotatable bonds is 11. The Morgan fingerprint density at radius 2 is 1.36 bits per heavy atom. The maximum atomic E-state index is 15.5. The van der Waals surface area contributed by atoms with Crippen LogP contribution in [0.5, 0.6) is 28.7 Å². The van der Waals surface area contributed by atoms with Gasteiger partial charge in [0, 0.05) is 22.4 Å². The van der Waals surface area contributed by atoms with Crippen molar-refractivity contribution in [2.24, 2.45) is 0 Å². The summed E-state index contributed by atoms with van der Waals surface area (Å²) >= 11 is 0. The molecular formula is C32H31F3N2O8. The van der Waals surface area contributed by atoms with Gasteiger partial charge in [0.05, 0.1) is 47.7 Å². The second kappa shape index (κ2) is 12.8. The number of hydrogen-bond donors (Lipinski definition) is 1. The normalized spacial score (nSPS) is 16.4. The zero-order chi connectivity index (χ0) is 33.1. The third-order valence-electron chi connectivity index (χ3n) is 7.44. The Balaban J connectivity index is 1.93. The lowest BCUT2D eigenvalue weighted by molar-refractivity contribution is -0.189. The zero-order valence-electron chi connectivity index (χ0n) is 25.3. The van der Waals surface area contributed by atoms with E-state index >= 15 is 13.2 Å². The van der Waals surface area contributed by atoms with Crippen LogP contribution in [0.1, 0.15) is 33.2 Å². The second-order valence-electron chi connectivity index (χ2n) is 9.82. The molecule has 0 bridgehead atoms. The van der Waals surface area contributed by atoms with E-state index in [1.807, 2.05) is 5.32 Å². The average Bonchev–Trinajstić information content (AvgIpc) is 3.25. The number of ketones is 1. The monoisotopic (exact) mass is 628 g/mol. The van der Waals surface area contributed by atoms with E-state index < -0.39 is 41.4 Å². The maximum Gasteiger partial charge on any atom is 0.425 e. The number of allylic oxidation sites excluding steroid dienone is 1. The molecule has 45 heavy (non-hydrogen) atoms. The molecule has 3 aromatic carbocycles. The number of ether oxygens (including phenoxy) is 5. The van der Waals surface area contributed by atoms with Gasteiger partial charge in [-0.1, -0.05) is 42.5 Å². The van der Waals surface area contributed by atoms with Crippen LogP contribution < -0.4 is 29.0 Å². The number of nitrogens with one attached hydrogen (secondary N) is 1. The number of para-hydroxylation sites is 1. The summed E-state index contributed by atoms with van der Waals surface area (Å²) in [6.45, 7) is 0.786. The van der Waals surface area contributed by atoms with Gasteiger partial charge < -0.3 is 33.9 Å². The minimum Gasteiger partial charge on any atom is -0.493 e. The molecule has 13 heteroatoms. The van der Waals surface area contributed by atoms with Crippen molar-refractivity contribution in [1.29, 1.82) is 0 Å². The number of methoxy groups -OCH3 is 5. The molecule has 0 aliphatic carbocycles. The Kier molecular flexibility index (Phi) is 9.31. The van der Waals surface area contributed by atoms with Gasteiger partial charge in [0.15, 0.2) is 28.8 Å². The number of hydrogen-bond acceptors (Lipinski definition) is 8. The lowest BCUT2D eigenvalue weighted by Crippen LogP contribution is -2.66. The third-order valence-corrected chi connectivity index (χ3v) is 7.44. The van der Waals surface area contributed by atoms with Crippen molar-refractivity contribution in [2.75, 3.05) is 35.5 Å². The Bertz CT molecular complexity index is 1630. The van der Waals surface area contributed by atoms with Gasteiger partial charge in [0.1, 0.15) is 0 Å². The van der Waals surface area contributed by atoms with Crippen molar-refractivity contribution in [2.45, 2.75) is 25.2 Å². The van der Waals surface area contributed by atoms with E-state index in [0.29, 0.717) is 5.56 Å². The summed E-state index contributed by atoms with van der Waals surface area (Å²) in [6.07, 6.45) is -5.48. The highest BCUT2D eigenvalue weighted by atomic mass is 19.4. The van der Waals surface area contributed by atoms with Gasteiger partial charge in [-0.25, -0.2) is 0 Å². The van der Waals surface area contributed by atoms with Gasteiger partial charge in [0.25, 0.3) is 11.8 Å². The molecule has 2 amide bonds. The van der Waals surface area contributed by atoms with Gasteiger partial charge >= 0.3 is 6.18 Å². The van der Waals surface area contributed by atoms with Crippen LogP contribution in [0.15, 0.2) is 71.9 Å². The van der Waals surface area contributed by atoms with Crippen LogP contribution >= 0.6 is 0 Å². The minimum atomic E-state index is -5.48. The number of carbonyl (C=O) groups excluding carboxylic acids is 3. The fourth-order valence-electron chi connectivity index (χ4n) is 5.28. The molecule has 0 saturated carbocycles. The molecule has 4 rings (SSSR count). The summed E-state index contributed by atoms with van der Waals surface area (Å²) < 4.78 is 72.9. The lowest BCUT2D eigenvalue weighted by Gasteiger charge is -2.33. The quantitative estimate of drug-likeness (QED) is 0.297. The largest absolute Gasteiger partial charge is 0.493 e. The summed E-state index contributed by atoms with van der Waals surface area (Å²) in [4.78, 5) is 42.6. The molecule has 0 spiro atoms. The summed E-state index contributed by atoms with van der Waals surface area (Å²) in [5, 5.41) is 1.89. The molecule has 1 heterocycles. The van der Waals surface area contributed by atoms with Crippen LogP contribution in [0, 0.1) is 0 Å². The maximum absolute atomic E-state index is 15.5. The van der Waals surface area contributed by atoms with E-state index in [2.05, 4.69) is 0 Å². The van der Waals surface area contributed by atoms with Crippen LogP contribution in [0.4, 0.5) is 13.2 Å². The topological polar surface area (TPSA) is 113 Å². The molecule has 0 aromatic heterocycles. The fourth-order valence-corrected chi connectivity index (χ4v) is 5.28. The second-order valence-corrected chi connectivity index (χ2v) is 9.82. The summed E-state index contributed by atoms with van der Waals surface area (Å²) in [6, 6.07) is 14.2. The molecule has 1 N–H and O–H groups in total. The first-order valence-electron chi connectivity index (χ1n) is 13.4. The van der Waals surface area contributed by atoms with Gasteiger partial charge in [0.2, 0.25) is 11.3 Å². The Morgan fingerprint density at radius 1 is 0.778 bits per heavy atom. The Hall–Kier alpha value is -5.20. The van der Waals surface area contributed by atoms with Crippen LogP contribution in [0.3, 0.4) is 0 Å². The van der Waals surface area contributed by atoms with Crippen LogP contribution in [0.25, 0.3) is 0 Å². The predicted octanol–water partition coefficient (Wildman–Crippen LogP) is 4.96. The average molecular weight is 629 g/mol. The first-order chi connectivity index (χ1) is 21.4. The van der Waals surface area contributed by atoms with E-state index in [0.717, 1.165) is 17.0 Å². The third kappa shape index (κ3) is 5.61. The van der Waals surface area contributed by atoms with Gasteiger partial charge in [-0.2, -0.15) is 13.2 Å². The van der Waals surface area contributed by atoms with Crippen molar-refractivity contribution in [3.63, 3.8) is 0 Å². The highest BCUT2D eigenvalue weighted by Crippen LogP contribution is 2.47. The summed E-state index contributed by atoms with van der Waals surface area (Å²) in [5.74, 6) is -3.48. The first kappa shape index (κ1) is 32.7. The molecule has 1 unspecified atom stereocenters. The number of amides is 2. The molecule has 0 radical (unpaired) electrons. The van der Waals surface area contributed by atoms with Crippen molar-refractivity contribution in [3.05, 3.63) is 88.6 Å². The molecule has 238 valence electrons. The van der Waals surface area contributed by atoms with E-state index in [1.54, 1.807) is 24.3 Å². The van der Waals surface area contributed by atoms with E-state index in [1.165, 1.54) is 66.7 Å². The zero-order valence-corrected chi connectivity index (χ0v) is 25.3. The van der Waals surface area contributed by atoms with Crippen molar-refractivity contribution in [3.8, 4) is 28.7 Å². The van der Waals surface area contributed by atoms with Crippen molar-refractivity contribution >= 4 is 17.6 Å². The fraction of sp³-hybridized carbons (Fsp3) is 0.281. The van der Waals surface area contributed by atoms with Gasteiger partial charge in [-0.15, -0.1) is 0 Å². The van der Waals surface area contributed by atoms with E-state index in [4.69, 9.17) is 23.7 Å². The molecule has 1 aliphatic rings. The van der Waals surface area contributed by atoms with Crippen LogP contribution in [0.2, 0.25) is 0 Å². The number of carbonyl (C=O) groups is 3. The number of benzene rings is 3. The van der Waals surface area contributed by atoms with E-state index in [-0.39, 0.29) is 45.6 Å². The molecule has 0 fully saturated rings. The Morgan fingerprint density at radius 3 is 1.87 bits per heavy atom. The molecular weight excluding hydrogens is 597 g/mol. The number of halogens is 3. The molecule has 1 aliphatic heterocycles. The standard InChI is InChI=1S/C32H31F3N2O8/c1-18-25(26(38)19-11-8-7-9-12-19)31(32(33,34)35,30(40)37(18)17-20-13-10-14-22(41-2)27(20)44-5)36-29(39)21-15-23(42-3)28(45-6)24(16-21)43-4/h7-16H,17H2,1-6H3,(H,36,39). The summed E-state index contributed by atoms with van der Waals surface area (Å²) in [7, 11) is 6.58. The summed E-state index contributed by atoms with van der Waals surface area (Å²) in [5.41, 5.74) is -5.19. The van der Waals surface area contributed by atoms with Crippen LogP contribution in [-0.4, -0.2) is 69.8 Å². The smallest absolute Gasteiger partial charge is 0.425 e. The number of nitrogens with zero attached hydrogens (tertiary/aromatic N) is 1. The van der Waals surface area contributed by atoms with Gasteiger partial charge in [-0.05, 0) is 25.1 Å². The van der Waals surface area contributed by atoms with Crippen molar-refractivity contribution in [1.82, 2.24) is 10.2 Å². The van der Waals surface area contributed by atoms with Gasteiger partial charge in [-0.3, -0.25) is 14.4 Å². The van der Waals surface area contributed by atoms with Crippen molar-refractivity contribution < 1.29 is 51.2 Å². The van der Waals surface area contributed by atoms with E-state index in [9.17, 15) is 14.4 Å². The number of Topliss-reactive ketones (excluding diaryl/α,β-unsaturated/α-hetero) is 1. The lowest BCUT2D eigenvalue weighted by atomic mass is 9.84. The molecule has 1 atom stereocenters. The highest BCUT2D eigenvalue weighted by molar-refractivity contribution is 6.19. The Labute approximate surface area is 257 Å². The molecule has 0 saturated heterocycles. The molecule has 3 aromatic rings. The van der Waals surface area contributed by atoms with Crippen LogP contribution in [-0.2, 0) is 11.3 Å². The molecule has 10 nitrogen and oxygen atoms in total. The first-order valence-corrected chi connectivity index (χ1v) is 13.4.